The summed E-state index contributed by atoms with van der Waals surface area (Å²) in [5.74, 6) is -5.71. The Morgan fingerprint density at radius 2 is 1.65 bits per heavy atom. The molecule has 1 saturated carbocycles. The van der Waals surface area contributed by atoms with Gasteiger partial charge in [0, 0.05) is 46.1 Å². The van der Waals surface area contributed by atoms with Crippen LogP contribution in [0, 0.1) is 29.6 Å². The van der Waals surface area contributed by atoms with Crippen molar-refractivity contribution in [2.24, 2.45) is 29.6 Å². The molecule has 11 heteroatoms. The van der Waals surface area contributed by atoms with Crippen LogP contribution < -0.4 is 0 Å². The molecule has 1 aliphatic carbocycles. The highest BCUT2D eigenvalue weighted by Crippen LogP contribution is 2.39. The first-order valence-electron chi connectivity index (χ1n) is 21.1. The van der Waals surface area contributed by atoms with Crippen LogP contribution in [0.15, 0.2) is 23.3 Å². The number of fused-ring (bicyclic) bond motifs is 3. The number of hydrogen-bond donors (Lipinski definition) is 1. The van der Waals surface area contributed by atoms with E-state index >= 15 is 0 Å². The summed E-state index contributed by atoms with van der Waals surface area (Å²) < 4.78 is 30.1. The highest BCUT2D eigenvalue weighted by Gasteiger charge is 2.56. The lowest BCUT2D eigenvalue weighted by atomic mass is 9.82. The molecule has 0 aromatic carbocycles. The van der Waals surface area contributed by atoms with Crippen molar-refractivity contribution in [1.29, 1.82) is 0 Å². The summed E-state index contributed by atoms with van der Waals surface area (Å²) in [5.41, 5.74) is 2.02. The van der Waals surface area contributed by atoms with E-state index in [1.807, 2.05) is 13.8 Å². The Hall–Kier alpha value is -2.44. The summed E-state index contributed by atoms with van der Waals surface area (Å²) in [6.45, 7) is 12.1. The van der Waals surface area contributed by atoms with Crippen molar-refractivity contribution >= 4 is 23.4 Å². The summed E-state index contributed by atoms with van der Waals surface area (Å²) in [4.78, 5) is 57.9. The van der Waals surface area contributed by atoms with Crippen LogP contribution in [-0.2, 0) is 42.9 Å². The number of nitrogens with zero attached hydrogens (tertiary/aromatic N) is 1. The molecule has 0 spiro atoms. The summed E-state index contributed by atoms with van der Waals surface area (Å²) in [6.07, 6.45) is 11.6. The molecule has 4 aliphatic rings. The van der Waals surface area contributed by atoms with Gasteiger partial charge >= 0.3 is 5.97 Å². The average Bonchev–Trinajstić information content (AvgIpc) is 3.17. The number of Topliss-reactive ketones (excluding diaryl/α,β-unsaturated/α-hetero) is 2. The fourth-order valence-corrected chi connectivity index (χ4v) is 9.60. The molecule has 3 heterocycles. The minimum Gasteiger partial charge on any atom is -0.456 e. The average molecular weight is 774 g/mol. The predicted octanol–water partition coefficient (Wildman–Crippen LogP) is 6.92. The zero-order valence-corrected chi connectivity index (χ0v) is 35.2. The minimum atomic E-state index is -2.44. The number of allylic oxidation sites excluding steroid dienone is 3. The molecule has 2 saturated heterocycles. The molecule has 55 heavy (non-hydrogen) atoms. The second-order valence-electron chi connectivity index (χ2n) is 17.3. The molecule has 0 aromatic rings. The van der Waals surface area contributed by atoms with E-state index in [9.17, 15) is 24.3 Å². The Morgan fingerprint density at radius 1 is 0.945 bits per heavy atom. The molecule has 0 radical (unpaired) electrons. The molecule has 1 N–H and O–H groups in total. The van der Waals surface area contributed by atoms with E-state index in [0.29, 0.717) is 38.5 Å². The van der Waals surface area contributed by atoms with Crippen LogP contribution in [0.3, 0.4) is 0 Å². The van der Waals surface area contributed by atoms with Gasteiger partial charge in [0.15, 0.2) is 0 Å². The standard InChI is InChI=1S/C44H71NO10/c1-10-14-33-22-27(2)21-28(3)23-37(52-8)40-38(53-9)25-31(6)44(50,55-40)41(47)42(48)45-20-12-11-17-35(45)43(49)54-39(29(4)18-19-36(33)46)30(5)24-32-15-13-16-34(26-32)51-7/h22,24,28-29,31-35,37-40,50H,10-21,23,25-26H2,1-9H3. The number of rotatable bonds is 7. The van der Waals surface area contributed by atoms with Crippen LogP contribution >= 0.6 is 0 Å². The summed E-state index contributed by atoms with van der Waals surface area (Å²) in [5, 5.41) is 12.0. The van der Waals surface area contributed by atoms with E-state index in [1.54, 1.807) is 28.3 Å². The molecule has 12 atom stereocenters. The van der Waals surface area contributed by atoms with Gasteiger partial charge in [0.1, 0.15) is 24.0 Å². The SMILES string of the molecule is CCCC1C=C(C)CC(C)CC(OC)C2OC(O)(C(=O)C(=O)N3CCCCC3C(=O)OC(C(C)=CC3CCCC(OC)C3)C(C)CCC1=O)C(C)CC2OC. The molecule has 2 bridgehead atoms. The first-order chi connectivity index (χ1) is 26.2. The van der Waals surface area contributed by atoms with Crippen LogP contribution in [0.25, 0.3) is 0 Å². The smallest absolute Gasteiger partial charge is 0.329 e. The number of hydrogen-bond acceptors (Lipinski definition) is 10. The number of amides is 1. The van der Waals surface area contributed by atoms with Crippen LogP contribution in [0.4, 0.5) is 0 Å². The molecule has 3 fully saturated rings. The number of carbonyl (C=O) groups is 4. The number of ether oxygens (including phenoxy) is 5. The van der Waals surface area contributed by atoms with Gasteiger partial charge in [-0.1, -0.05) is 58.3 Å². The van der Waals surface area contributed by atoms with Gasteiger partial charge in [-0.3, -0.25) is 14.4 Å². The van der Waals surface area contributed by atoms with Crippen molar-refractivity contribution in [1.82, 2.24) is 4.90 Å². The van der Waals surface area contributed by atoms with Gasteiger partial charge in [0.25, 0.3) is 11.7 Å². The molecule has 1 amide bonds. The Kier molecular flexibility index (Phi) is 17.1. The Balaban J connectivity index is 1.74. The fraction of sp³-hybridized carbons (Fsp3) is 0.818. The fourth-order valence-electron chi connectivity index (χ4n) is 9.60. The van der Waals surface area contributed by atoms with Crippen molar-refractivity contribution in [3.63, 3.8) is 0 Å². The third-order valence-corrected chi connectivity index (χ3v) is 12.8. The number of esters is 1. The number of piperidine rings is 1. The van der Waals surface area contributed by atoms with Crippen LogP contribution in [0.2, 0.25) is 0 Å². The number of cyclic esters (lactones) is 1. The monoisotopic (exact) mass is 774 g/mol. The largest absolute Gasteiger partial charge is 0.456 e. The third-order valence-electron chi connectivity index (χ3n) is 12.8. The molecule has 12 unspecified atom stereocenters. The summed E-state index contributed by atoms with van der Waals surface area (Å²) in [7, 11) is 4.88. The quantitative estimate of drug-likeness (QED) is 0.165. The van der Waals surface area contributed by atoms with Crippen LogP contribution in [0.1, 0.15) is 131 Å². The van der Waals surface area contributed by atoms with Crippen molar-refractivity contribution in [2.45, 2.75) is 174 Å². The third kappa shape index (κ3) is 11.4. The zero-order chi connectivity index (χ0) is 40.4. The van der Waals surface area contributed by atoms with Crippen LogP contribution in [0.5, 0.6) is 0 Å². The van der Waals surface area contributed by atoms with E-state index in [2.05, 4.69) is 32.9 Å². The van der Waals surface area contributed by atoms with E-state index in [-0.39, 0.29) is 48.5 Å². The lowest BCUT2D eigenvalue weighted by Gasteiger charge is -2.47. The molecule has 0 aromatic heterocycles. The van der Waals surface area contributed by atoms with Gasteiger partial charge in [-0.25, -0.2) is 4.79 Å². The van der Waals surface area contributed by atoms with Gasteiger partial charge in [-0.2, -0.15) is 0 Å². The van der Waals surface area contributed by atoms with Gasteiger partial charge in [0.05, 0.1) is 18.3 Å². The Morgan fingerprint density at radius 3 is 2.33 bits per heavy atom. The maximum Gasteiger partial charge on any atom is 0.329 e. The highest BCUT2D eigenvalue weighted by molar-refractivity contribution is 6.39. The second kappa shape index (κ2) is 20.8. The van der Waals surface area contributed by atoms with E-state index in [0.717, 1.165) is 56.1 Å². The lowest BCUT2D eigenvalue weighted by Crippen LogP contribution is -2.64. The molecule has 3 aliphatic heterocycles. The normalized spacial score (nSPS) is 38.4. The number of carbonyl (C=O) groups excluding carboxylic acids is 4. The second-order valence-corrected chi connectivity index (χ2v) is 17.3. The van der Waals surface area contributed by atoms with Crippen molar-refractivity contribution in [3.8, 4) is 0 Å². The summed E-state index contributed by atoms with van der Waals surface area (Å²) >= 11 is 0. The Bertz CT molecular complexity index is 1380. The van der Waals surface area contributed by atoms with Crippen LogP contribution in [-0.4, -0.2) is 104 Å². The maximum absolute atomic E-state index is 14.3. The highest BCUT2D eigenvalue weighted by atomic mass is 16.7. The number of ketones is 2. The van der Waals surface area contributed by atoms with Gasteiger partial charge < -0.3 is 33.7 Å². The van der Waals surface area contributed by atoms with Gasteiger partial charge in [-0.15, -0.1) is 0 Å². The number of aliphatic hydroxyl groups is 1. The maximum atomic E-state index is 14.3. The number of methoxy groups -OCH3 is 3. The molecular formula is C44H71NO10. The Labute approximate surface area is 330 Å². The van der Waals surface area contributed by atoms with E-state index in [1.165, 1.54) is 4.90 Å². The molecular weight excluding hydrogens is 702 g/mol. The summed E-state index contributed by atoms with van der Waals surface area (Å²) in [6, 6.07) is -1.00. The molecule has 4 rings (SSSR count). The van der Waals surface area contributed by atoms with Crippen molar-refractivity contribution < 1.29 is 48.0 Å². The predicted molar refractivity (Wildman–Crippen MR) is 210 cm³/mol. The van der Waals surface area contributed by atoms with Crippen molar-refractivity contribution in [3.05, 3.63) is 23.3 Å². The van der Waals surface area contributed by atoms with Gasteiger partial charge in [0.2, 0.25) is 5.79 Å². The van der Waals surface area contributed by atoms with Gasteiger partial charge in [-0.05, 0) is 108 Å². The zero-order valence-electron chi connectivity index (χ0n) is 35.2. The first-order valence-corrected chi connectivity index (χ1v) is 21.1. The minimum absolute atomic E-state index is 0.106. The first kappa shape index (κ1) is 45.3. The topological polar surface area (TPSA) is 138 Å². The lowest BCUT2D eigenvalue weighted by molar-refractivity contribution is -0.302. The van der Waals surface area contributed by atoms with E-state index in [4.69, 9.17) is 23.7 Å². The molecule has 312 valence electrons. The van der Waals surface area contributed by atoms with E-state index < -0.39 is 59.8 Å². The molecule has 11 nitrogen and oxygen atoms in total. The van der Waals surface area contributed by atoms with Crippen molar-refractivity contribution in [2.75, 3.05) is 27.9 Å².